The van der Waals surface area contributed by atoms with Gasteiger partial charge in [-0.05, 0) is 31.2 Å². The van der Waals surface area contributed by atoms with E-state index in [9.17, 15) is 0 Å². The van der Waals surface area contributed by atoms with Crippen LogP contribution in [0.2, 0.25) is 5.02 Å². The number of hydrogen-bond acceptors (Lipinski definition) is 4. The van der Waals surface area contributed by atoms with E-state index in [0.29, 0.717) is 17.4 Å². The highest BCUT2D eigenvalue weighted by Gasteiger charge is 2.11. The predicted molar refractivity (Wildman–Crippen MR) is 79.0 cm³/mol. The molecule has 0 spiro atoms. The lowest BCUT2D eigenvalue weighted by Crippen LogP contribution is -2.08. The molecule has 2 aromatic heterocycles. The Hall–Kier alpha value is -2.34. The summed E-state index contributed by atoms with van der Waals surface area (Å²) in [5.41, 5.74) is 0.921. The zero-order valence-corrected chi connectivity index (χ0v) is 12.4. The van der Waals surface area contributed by atoms with E-state index < -0.39 is 0 Å². The van der Waals surface area contributed by atoms with Gasteiger partial charge in [0, 0.05) is 6.20 Å². The fourth-order valence-electron chi connectivity index (χ4n) is 2.06. The van der Waals surface area contributed by atoms with Crippen molar-refractivity contribution >= 4 is 11.6 Å². The normalized spacial score (nSPS) is 10.8. The van der Waals surface area contributed by atoms with Crippen molar-refractivity contribution in [2.75, 3.05) is 7.11 Å². The molecule has 0 amide bonds. The maximum atomic E-state index is 5.88. The van der Waals surface area contributed by atoms with Crippen LogP contribution in [-0.4, -0.2) is 31.7 Å². The maximum Gasteiger partial charge on any atom is 0.154 e. The van der Waals surface area contributed by atoms with Crippen LogP contribution in [0, 0.1) is 6.92 Å². The van der Waals surface area contributed by atoms with Crippen molar-refractivity contribution in [1.29, 1.82) is 0 Å². The monoisotopic (exact) mass is 303 g/mol. The molecule has 0 bridgehead atoms. The van der Waals surface area contributed by atoms with E-state index in [1.165, 1.54) is 0 Å². The lowest BCUT2D eigenvalue weighted by molar-refractivity contribution is 0.414. The van der Waals surface area contributed by atoms with E-state index in [4.69, 9.17) is 16.3 Å². The molecule has 0 N–H and O–H groups in total. The second-order valence-electron chi connectivity index (χ2n) is 4.54. The van der Waals surface area contributed by atoms with Crippen LogP contribution in [0.25, 0.3) is 5.69 Å². The molecule has 0 aliphatic rings. The first-order valence-electron chi connectivity index (χ1n) is 6.40. The number of nitrogens with zero attached hydrogens (tertiary/aromatic N) is 5. The second-order valence-corrected chi connectivity index (χ2v) is 4.98. The molecule has 3 rings (SSSR count). The smallest absolute Gasteiger partial charge is 0.154 e. The van der Waals surface area contributed by atoms with Gasteiger partial charge in [0.2, 0.25) is 0 Å². The van der Waals surface area contributed by atoms with Gasteiger partial charge >= 0.3 is 0 Å². The Morgan fingerprint density at radius 1 is 1.24 bits per heavy atom. The molecular weight excluding hydrogens is 290 g/mol. The van der Waals surface area contributed by atoms with E-state index in [-0.39, 0.29) is 0 Å². The highest BCUT2D eigenvalue weighted by molar-refractivity contribution is 6.30. The van der Waals surface area contributed by atoms with Crippen molar-refractivity contribution < 1.29 is 4.74 Å². The number of benzene rings is 1. The number of aromatic nitrogens is 5. The van der Waals surface area contributed by atoms with Gasteiger partial charge in [0.1, 0.15) is 18.1 Å². The van der Waals surface area contributed by atoms with Crippen molar-refractivity contribution in [3.05, 3.63) is 53.3 Å². The Morgan fingerprint density at radius 2 is 2.00 bits per heavy atom. The quantitative estimate of drug-likeness (QED) is 0.743. The molecule has 7 heteroatoms. The van der Waals surface area contributed by atoms with Crippen LogP contribution in [0.1, 0.15) is 11.6 Å². The molecule has 2 heterocycles. The third kappa shape index (κ3) is 2.90. The number of halogens is 1. The molecular formula is C14H14ClN5O. The van der Waals surface area contributed by atoms with Crippen LogP contribution < -0.4 is 4.74 Å². The molecule has 21 heavy (non-hydrogen) atoms. The lowest BCUT2D eigenvalue weighted by atomic mass is 10.3. The van der Waals surface area contributed by atoms with Gasteiger partial charge in [0.05, 0.1) is 24.0 Å². The fourth-order valence-corrected chi connectivity index (χ4v) is 2.22. The first kappa shape index (κ1) is 13.6. The van der Waals surface area contributed by atoms with Crippen molar-refractivity contribution in [2.45, 2.75) is 13.5 Å². The molecule has 6 nitrogen and oxygen atoms in total. The van der Waals surface area contributed by atoms with Gasteiger partial charge in [-0.2, -0.15) is 10.2 Å². The van der Waals surface area contributed by atoms with Gasteiger partial charge in [-0.3, -0.25) is 4.68 Å². The number of ether oxygens (including phenoxy) is 1. The Kier molecular flexibility index (Phi) is 3.62. The number of methoxy groups -OCH3 is 1. The summed E-state index contributed by atoms with van der Waals surface area (Å²) in [6.07, 6.45) is 3.35. The van der Waals surface area contributed by atoms with Crippen LogP contribution in [0.15, 0.2) is 36.7 Å². The molecule has 0 saturated carbocycles. The van der Waals surface area contributed by atoms with E-state index in [1.54, 1.807) is 28.9 Å². The Morgan fingerprint density at radius 3 is 2.62 bits per heavy atom. The zero-order valence-electron chi connectivity index (χ0n) is 11.7. The van der Waals surface area contributed by atoms with E-state index >= 15 is 0 Å². The van der Waals surface area contributed by atoms with Crippen LogP contribution in [0.5, 0.6) is 5.75 Å². The summed E-state index contributed by atoms with van der Waals surface area (Å²) in [5.74, 6) is 2.30. The van der Waals surface area contributed by atoms with Gasteiger partial charge < -0.3 is 4.74 Å². The molecule has 0 saturated heterocycles. The zero-order chi connectivity index (χ0) is 14.8. The minimum atomic E-state index is 0.500. The number of rotatable bonds is 4. The summed E-state index contributed by atoms with van der Waals surface area (Å²) >= 11 is 5.88. The summed E-state index contributed by atoms with van der Waals surface area (Å²) in [6, 6.07) is 7.65. The van der Waals surface area contributed by atoms with Gasteiger partial charge in [-0.25, -0.2) is 9.67 Å². The summed E-state index contributed by atoms with van der Waals surface area (Å²) in [5, 5.41) is 9.20. The SMILES string of the molecule is COc1ccc(-n2nc(C)nc2Cn2cc(Cl)cn2)cc1. The average molecular weight is 304 g/mol. The molecule has 108 valence electrons. The maximum absolute atomic E-state index is 5.88. The molecule has 0 radical (unpaired) electrons. The largest absolute Gasteiger partial charge is 0.497 e. The standard InChI is InChI=1S/C14H14ClN5O/c1-10-17-14(9-19-8-11(15)7-16-19)20(18-10)12-3-5-13(21-2)6-4-12/h3-8H,9H2,1-2H3. The Bertz CT molecular complexity index is 747. The molecule has 0 fully saturated rings. The van der Waals surface area contributed by atoms with Crippen LogP contribution in [-0.2, 0) is 6.54 Å². The number of aryl methyl sites for hydroxylation is 1. The van der Waals surface area contributed by atoms with Gasteiger partial charge in [-0.1, -0.05) is 11.6 Å². The third-order valence-corrected chi connectivity index (χ3v) is 3.20. The van der Waals surface area contributed by atoms with Gasteiger partial charge in [-0.15, -0.1) is 0 Å². The molecule has 0 aliphatic carbocycles. The van der Waals surface area contributed by atoms with Crippen molar-refractivity contribution in [3.8, 4) is 11.4 Å². The van der Waals surface area contributed by atoms with Crippen LogP contribution in [0.4, 0.5) is 0 Å². The van der Waals surface area contributed by atoms with Gasteiger partial charge in [0.25, 0.3) is 0 Å². The van der Waals surface area contributed by atoms with E-state index in [1.807, 2.05) is 31.2 Å². The topological polar surface area (TPSA) is 57.8 Å². The Balaban J connectivity index is 1.94. The second kappa shape index (κ2) is 5.57. The molecule has 3 aromatic rings. The fraction of sp³-hybridized carbons (Fsp3) is 0.214. The third-order valence-electron chi connectivity index (χ3n) is 3.00. The summed E-state index contributed by atoms with van der Waals surface area (Å²) in [4.78, 5) is 4.45. The average Bonchev–Trinajstić information content (AvgIpc) is 3.05. The highest BCUT2D eigenvalue weighted by Crippen LogP contribution is 2.16. The molecule has 0 unspecified atom stereocenters. The van der Waals surface area contributed by atoms with Crippen LogP contribution >= 0.6 is 11.6 Å². The van der Waals surface area contributed by atoms with E-state index in [0.717, 1.165) is 17.3 Å². The lowest BCUT2D eigenvalue weighted by Gasteiger charge is -2.07. The van der Waals surface area contributed by atoms with Crippen molar-refractivity contribution in [3.63, 3.8) is 0 Å². The Labute approximate surface area is 126 Å². The highest BCUT2D eigenvalue weighted by atomic mass is 35.5. The summed E-state index contributed by atoms with van der Waals surface area (Å²) in [7, 11) is 1.64. The van der Waals surface area contributed by atoms with Gasteiger partial charge in [0.15, 0.2) is 5.82 Å². The summed E-state index contributed by atoms with van der Waals surface area (Å²) < 4.78 is 8.69. The summed E-state index contributed by atoms with van der Waals surface area (Å²) in [6.45, 7) is 2.36. The molecule has 0 aliphatic heterocycles. The molecule has 1 aromatic carbocycles. The number of hydrogen-bond donors (Lipinski definition) is 0. The minimum absolute atomic E-state index is 0.500. The van der Waals surface area contributed by atoms with Crippen LogP contribution in [0.3, 0.4) is 0 Å². The minimum Gasteiger partial charge on any atom is -0.497 e. The predicted octanol–water partition coefficient (Wildman–Crippen LogP) is 2.48. The first-order valence-corrected chi connectivity index (χ1v) is 6.78. The molecule has 0 atom stereocenters. The van der Waals surface area contributed by atoms with Crippen molar-refractivity contribution in [1.82, 2.24) is 24.5 Å². The first-order chi connectivity index (χ1) is 10.2. The van der Waals surface area contributed by atoms with Crippen molar-refractivity contribution in [2.24, 2.45) is 0 Å². The van der Waals surface area contributed by atoms with E-state index in [2.05, 4.69) is 15.2 Å².